The van der Waals surface area contributed by atoms with E-state index in [0.717, 1.165) is 6.07 Å². The Balaban J connectivity index is 3.13. The lowest BCUT2D eigenvalue weighted by molar-refractivity contribution is -0.133. The molecule has 0 bridgehead atoms. The third kappa shape index (κ3) is 3.89. The summed E-state index contributed by atoms with van der Waals surface area (Å²) in [5.41, 5.74) is 0.668. The maximum absolute atomic E-state index is 11.4. The highest BCUT2D eigenvalue weighted by Crippen LogP contribution is 2.24. The monoisotopic (exact) mass is 385 g/mol. The van der Waals surface area contributed by atoms with Crippen molar-refractivity contribution >= 4 is 38.7 Å². The molecule has 0 saturated carbocycles. The molecule has 0 atom stereocenters. The van der Waals surface area contributed by atoms with E-state index < -0.39 is 21.1 Å². The smallest absolute Gasteiger partial charge is 0.312 e. The molecule has 100 valence electrons. The Bertz CT molecular complexity index is 547. The first-order chi connectivity index (χ1) is 8.25. The molecule has 6 nitrogen and oxygen atoms in total. The first-order valence-corrected chi connectivity index (χ1v) is 7.94. The number of pyridine rings is 1. The van der Waals surface area contributed by atoms with Gasteiger partial charge >= 0.3 is 16.1 Å². The molecule has 1 heterocycles. The quantitative estimate of drug-likeness (QED) is 0.367. The summed E-state index contributed by atoms with van der Waals surface area (Å²) < 4.78 is 36.5. The van der Waals surface area contributed by atoms with Crippen molar-refractivity contribution in [3.8, 4) is 5.75 Å². The summed E-state index contributed by atoms with van der Waals surface area (Å²) in [6.45, 7) is 3.09. The second-order valence-electron chi connectivity index (χ2n) is 3.58. The van der Waals surface area contributed by atoms with Crippen LogP contribution in [0.2, 0.25) is 0 Å². The number of halogens is 1. The van der Waals surface area contributed by atoms with Crippen molar-refractivity contribution in [1.82, 2.24) is 4.98 Å². The molecule has 0 spiro atoms. The second kappa shape index (κ2) is 5.93. The van der Waals surface area contributed by atoms with Crippen molar-refractivity contribution in [2.24, 2.45) is 0 Å². The molecule has 0 radical (unpaired) electrons. The maximum Gasteiger partial charge on any atom is 0.312 e. The maximum atomic E-state index is 11.4. The van der Waals surface area contributed by atoms with Crippen LogP contribution in [0.15, 0.2) is 11.1 Å². The molecule has 18 heavy (non-hydrogen) atoms. The van der Waals surface area contributed by atoms with Gasteiger partial charge in [0.25, 0.3) is 0 Å². The number of carbonyl (C=O) groups excluding carboxylic acids is 1. The largest absolute Gasteiger partial charge is 0.424 e. The fraction of sp³-hybridized carbons (Fsp3) is 0.400. The standard InChI is InChI=1S/C10H12INO5S/c1-6-5-8(18(14,15)16)12-7(2)10(6)17-9(13)3-4-11/h5H,3-4H2,1-2H3,(H,14,15,16). The molecular weight excluding hydrogens is 373 g/mol. The fourth-order valence-corrected chi connectivity index (χ4v) is 2.33. The SMILES string of the molecule is Cc1cc(S(=O)(=O)O)nc(C)c1OC(=O)CCI. The minimum atomic E-state index is -4.36. The van der Waals surface area contributed by atoms with Crippen LogP contribution in [0.25, 0.3) is 0 Å². The summed E-state index contributed by atoms with van der Waals surface area (Å²) >= 11 is 2.05. The van der Waals surface area contributed by atoms with Crippen LogP contribution in [0, 0.1) is 13.8 Å². The van der Waals surface area contributed by atoms with E-state index in [1.54, 1.807) is 6.92 Å². The molecule has 1 N–H and O–H groups in total. The Labute approximate surface area is 119 Å². The van der Waals surface area contributed by atoms with Crippen LogP contribution in [0.1, 0.15) is 17.7 Å². The minimum absolute atomic E-state index is 0.234. The van der Waals surface area contributed by atoms with E-state index in [4.69, 9.17) is 9.29 Å². The third-order valence-electron chi connectivity index (χ3n) is 2.08. The number of ether oxygens (including phenoxy) is 1. The van der Waals surface area contributed by atoms with Gasteiger partial charge in [-0.3, -0.25) is 9.35 Å². The van der Waals surface area contributed by atoms with Crippen LogP contribution in [-0.2, 0) is 14.9 Å². The molecule has 0 unspecified atom stereocenters. The number of aryl methyl sites for hydroxylation is 2. The number of rotatable bonds is 4. The van der Waals surface area contributed by atoms with E-state index in [9.17, 15) is 13.2 Å². The van der Waals surface area contributed by atoms with Crippen molar-refractivity contribution < 1.29 is 22.5 Å². The second-order valence-corrected chi connectivity index (χ2v) is 6.03. The highest BCUT2D eigenvalue weighted by atomic mass is 127. The van der Waals surface area contributed by atoms with Gasteiger partial charge in [0.05, 0.1) is 12.1 Å². The molecular formula is C10H12INO5S. The first-order valence-electron chi connectivity index (χ1n) is 4.98. The summed E-state index contributed by atoms with van der Waals surface area (Å²) in [6.07, 6.45) is 0.263. The van der Waals surface area contributed by atoms with Gasteiger partial charge in [-0.05, 0) is 25.5 Å². The van der Waals surface area contributed by atoms with Crippen molar-refractivity contribution in [1.29, 1.82) is 0 Å². The van der Waals surface area contributed by atoms with Crippen molar-refractivity contribution in [2.75, 3.05) is 4.43 Å². The highest BCUT2D eigenvalue weighted by Gasteiger charge is 2.18. The lowest BCUT2D eigenvalue weighted by atomic mass is 10.2. The van der Waals surface area contributed by atoms with Crippen molar-refractivity contribution in [2.45, 2.75) is 25.3 Å². The molecule has 1 rings (SSSR count). The topological polar surface area (TPSA) is 93.6 Å². The van der Waals surface area contributed by atoms with E-state index >= 15 is 0 Å². The molecule has 0 amide bonds. The summed E-state index contributed by atoms with van der Waals surface area (Å²) in [6, 6.07) is 1.16. The highest BCUT2D eigenvalue weighted by molar-refractivity contribution is 14.1. The minimum Gasteiger partial charge on any atom is -0.424 e. The summed E-state index contributed by atoms with van der Waals surface area (Å²) in [5, 5.41) is -0.453. The summed E-state index contributed by atoms with van der Waals surface area (Å²) in [5.74, 6) is -0.172. The van der Waals surface area contributed by atoms with Crippen molar-refractivity contribution in [3.63, 3.8) is 0 Å². The normalized spacial score (nSPS) is 11.3. The lowest BCUT2D eigenvalue weighted by Crippen LogP contribution is -2.12. The van der Waals surface area contributed by atoms with E-state index in [1.165, 1.54) is 6.92 Å². The van der Waals surface area contributed by atoms with Gasteiger partial charge in [0.1, 0.15) is 0 Å². The lowest BCUT2D eigenvalue weighted by Gasteiger charge is -2.10. The van der Waals surface area contributed by atoms with Crippen LogP contribution < -0.4 is 4.74 Å². The molecule has 0 aliphatic rings. The number of alkyl halides is 1. The Morgan fingerprint density at radius 3 is 2.56 bits per heavy atom. The molecule has 0 aliphatic heterocycles. The van der Waals surface area contributed by atoms with Gasteiger partial charge in [0, 0.05) is 4.43 Å². The Hall–Kier alpha value is -0.740. The van der Waals surface area contributed by atoms with Crippen LogP contribution in [0.4, 0.5) is 0 Å². The molecule has 8 heteroatoms. The molecule has 0 aliphatic carbocycles. The summed E-state index contributed by atoms with van der Waals surface area (Å²) in [4.78, 5) is 15.1. The number of aromatic nitrogens is 1. The average Bonchev–Trinajstić information content (AvgIpc) is 2.22. The van der Waals surface area contributed by atoms with E-state index in [-0.39, 0.29) is 17.9 Å². The number of carbonyl (C=O) groups is 1. The number of hydrogen-bond donors (Lipinski definition) is 1. The molecule has 0 fully saturated rings. The van der Waals surface area contributed by atoms with Gasteiger partial charge in [-0.2, -0.15) is 8.42 Å². The van der Waals surface area contributed by atoms with Gasteiger partial charge < -0.3 is 4.74 Å². The Kier molecular flexibility index (Phi) is 5.05. The van der Waals surface area contributed by atoms with E-state index in [1.807, 2.05) is 22.6 Å². The van der Waals surface area contributed by atoms with E-state index in [2.05, 4.69) is 4.98 Å². The molecule has 1 aromatic heterocycles. The first kappa shape index (κ1) is 15.3. The van der Waals surface area contributed by atoms with Gasteiger partial charge in [-0.1, -0.05) is 22.6 Å². The Morgan fingerprint density at radius 1 is 1.50 bits per heavy atom. The zero-order chi connectivity index (χ0) is 13.9. The zero-order valence-electron chi connectivity index (χ0n) is 9.81. The van der Waals surface area contributed by atoms with Crippen LogP contribution in [0.3, 0.4) is 0 Å². The third-order valence-corrected chi connectivity index (χ3v) is 3.36. The predicted octanol–water partition coefficient (Wildman–Crippen LogP) is 1.68. The van der Waals surface area contributed by atoms with Crippen molar-refractivity contribution in [3.05, 3.63) is 17.3 Å². The summed E-state index contributed by atoms with van der Waals surface area (Å²) in [7, 11) is -4.36. The molecule has 0 aromatic carbocycles. The van der Waals surface area contributed by atoms with Crippen LogP contribution in [0.5, 0.6) is 5.75 Å². The average molecular weight is 385 g/mol. The Morgan fingerprint density at radius 2 is 2.11 bits per heavy atom. The van der Waals surface area contributed by atoms with Gasteiger partial charge in [0.15, 0.2) is 10.8 Å². The van der Waals surface area contributed by atoms with Crippen LogP contribution >= 0.6 is 22.6 Å². The predicted molar refractivity (Wildman–Crippen MR) is 72.7 cm³/mol. The number of hydrogen-bond acceptors (Lipinski definition) is 5. The number of esters is 1. The molecule has 0 saturated heterocycles. The van der Waals surface area contributed by atoms with E-state index in [0.29, 0.717) is 9.99 Å². The molecule has 1 aromatic rings. The van der Waals surface area contributed by atoms with Crippen LogP contribution in [-0.4, -0.2) is 28.4 Å². The number of nitrogens with zero attached hydrogens (tertiary/aromatic N) is 1. The van der Waals surface area contributed by atoms with Gasteiger partial charge in [-0.25, -0.2) is 4.98 Å². The van der Waals surface area contributed by atoms with Gasteiger partial charge in [0.2, 0.25) is 0 Å². The fourth-order valence-electron chi connectivity index (χ4n) is 1.31. The zero-order valence-corrected chi connectivity index (χ0v) is 12.8. The van der Waals surface area contributed by atoms with Gasteiger partial charge in [-0.15, -0.1) is 0 Å².